The average Bonchev–Trinajstić information content (AvgIpc) is 3.56. The van der Waals surface area contributed by atoms with Crippen LogP contribution in [0.15, 0.2) is 36.5 Å². The number of hydrogen-bond donors (Lipinski definition) is 3. The van der Waals surface area contributed by atoms with Crippen LogP contribution in [0.5, 0.6) is 0 Å². The first-order valence-electron chi connectivity index (χ1n) is 13.2. The number of nitrogens with one attached hydrogen (secondary N) is 3. The molecule has 10 heteroatoms. The fraction of sp³-hybridized carbons (Fsp3) is 0.500. The van der Waals surface area contributed by atoms with Gasteiger partial charge in [0.25, 0.3) is 0 Å². The number of amides is 1. The van der Waals surface area contributed by atoms with Crippen LogP contribution < -0.4 is 16.0 Å². The molecule has 1 aliphatic rings. The van der Waals surface area contributed by atoms with Crippen molar-refractivity contribution in [2.75, 3.05) is 23.8 Å². The minimum atomic E-state index is -0.524. The summed E-state index contributed by atoms with van der Waals surface area (Å²) in [5.74, 6) is 0.826. The van der Waals surface area contributed by atoms with Gasteiger partial charge in [0, 0.05) is 31.6 Å². The summed E-state index contributed by atoms with van der Waals surface area (Å²) in [7, 11) is 0. The van der Waals surface area contributed by atoms with Gasteiger partial charge in [-0.05, 0) is 69.7 Å². The summed E-state index contributed by atoms with van der Waals surface area (Å²) >= 11 is 1.63. The van der Waals surface area contributed by atoms with Crippen LogP contribution >= 0.6 is 11.3 Å². The van der Waals surface area contributed by atoms with Crippen molar-refractivity contribution in [2.24, 2.45) is 0 Å². The van der Waals surface area contributed by atoms with E-state index in [0.717, 1.165) is 65.1 Å². The van der Waals surface area contributed by atoms with Crippen molar-refractivity contribution in [1.82, 2.24) is 20.3 Å². The number of thiazole rings is 1. The van der Waals surface area contributed by atoms with Gasteiger partial charge in [0.2, 0.25) is 5.95 Å². The highest BCUT2D eigenvalue weighted by molar-refractivity contribution is 7.19. The molecule has 3 heterocycles. The van der Waals surface area contributed by atoms with Gasteiger partial charge >= 0.3 is 6.09 Å². The standard InChI is InChI=1S/C28H38N6O3S/c1-6-18(2)23-24(38-26(34-23)30-17-21-8-7-15-36-21)22-13-14-29-25(33-22)32-20-11-9-19(10-12-20)16-31-27(35)37-28(3,4)5/h9-14,18,21H,6-8,15-17H2,1-5H3,(H,30,34)(H,31,35)(H,29,32,33). The summed E-state index contributed by atoms with van der Waals surface area (Å²) in [5.41, 5.74) is 3.19. The summed E-state index contributed by atoms with van der Waals surface area (Å²) in [4.78, 5) is 27.1. The second-order valence-corrected chi connectivity index (χ2v) is 11.5. The highest BCUT2D eigenvalue weighted by atomic mass is 32.1. The molecule has 4 rings (SSSR count). The van der Waals surface area contributed by atoms with Gasteiger partial charge in [-0.1, -0.05) is 37.3 Å². The molecule has 9 nitrogen and oxygen atoms in total. The Morgan fingerprint density at radius 1 is 1.21 bits per heavy atom. The lowest BCUT2D eigenvalue weighted by molar-refractivity contribution is 0.0523. The van der Waals surface area contributed by atoms with Gasteiger partial charge in [-0.2, -0.15) is 0 Å². The maximum Gasteiger partial charge on any atom is 0.407 e. The van der Waals surface area contributed by atoms with E-state index in [-0.39, 0.29) is 6.10 Å². The van der Waals surface area contributed by atoms with Gasteiger partial charge in [-0.3, -0.25) is 0 Å². The third-order valence-electron chi connectivity index (χ3n) is 6.17. The molecule has 2 unspecified atom stereocenters. The maximum absolute atomic E-state index is 11.9. The van der Waals surface area contributed by atoms with Crippen LogP contribution in [-0.2, 0) is 16.0 Å². The lowest BCUT2D eigenvalue weighted by Crippen LogP contribution is -2.32. The number of anilines is 3. The molecule has 0 saturated carbocycles. The Morgan fingerprint density at radius 2 is 2.00 bits per heavy atom. The fourth-order valence-electron chi connectivity index (χ4n) is 3.99. The molecule has 1 amide bonds. The van der Waals surface area contributed by atoms with Crippen molar-refractivity contribution in [2.45, 2.75) is 78.0 Å². The Morgan fingerprint density at radius 3 is 2.68 bits per heavy atom. The number of ether oxygens (including phenoxy) is 2. The predicted molar refractivity (Wildman–Crippen MR) is 152 cm³/mol. The van der Waals surface area contributed by atoms with Crippen LogP contribution in [0.4, 0.5) is 21.6 Å². The number of hydrogen-bond acceptors (Lipinski definition) is 9. The largest absolute Gasteiger partial charge is 0.444 e. The topological polar surface area (TPSA) is 110 Å². The zero-order valence-corrected chi connectivity index (χ0v) is 23.7. The molecule has 0 spiro atoms. The fourth-order valence-corrected chi connectivity index (χ4v) is 5.06. The monoisotopic (exact) mass is 538 g/mol. The van der Waals surface area contributed by atoms with Crippen LogP contribution in [-0.4, -0.2) is 45.9 Å². The van der Waals surface area contributed by atoms with Crippen molar-refractivity contribution in [3.63, 3.8) is 0 Å². The van der Waals surface area contributed by atoms with Crippen LogP contribution in [0.3, 0.4) is 0 Å². The molecule has 1 saturated heterocycles. The Labute approximate surface area is 228 Å². The molecule has 2 aromatic heterocycles. The van der Waals surface area contributed by atoms with E-state index in [1.54, 1.807) is 17.5 Å². The Hall–Kier alpha value is -3.24. The lowest BCUT2D eigenvalue weighted by Gasteiger charge is -2.19. The molecule has 204 valence electrons. The van der Waals surface area contributed by atoms with E-state index < -0.39 is 11.7 Å². The molecule has 1 aromatic carbocycles. The van der Waals surface area contributed by atoms with E-state index in [1.807, 2.05) is 51.1 Å². The van der Waals surface area contributed by atoms with E-state index in [2.05, 4.69) is 34.8 Å². The molecule has 1 fully saturated rings. The van der Waals surface area contributed by atoms with E-state index >= 15 is 0 Å². The van der Waals surface area contributed by atoms with Crippen molar-refractivity contribution in [1.29, 1.82) is 0 Å². The number of rotatable bonds is 10. The van der Waals surface area contributed by atoms with Crippen LogP contribution in [0.25, 0.3) is 10.6 Å². The number of carbonyl (C=O) groups is 1. The zero-order valence-electron chi connectivity index (χ0n) is 22.8. The summed E-state index contributed by atoms with van der Waals surface area (Å²) in [6.45, 7) is 11.9. The van der Waals surface area contributed by atoms with Crippen LogP contribution in [0.1, 0.15) is 71.1 Å². The molecule has 0 radical (unpaired) electrons. The summed E-state index contributed by atoms with van der Waals surface area (Å²) in [6.07, 6.45) is 4.79. The van der Waals surface area contributed by atoms with E-state index in [9.17, 15) is 4.79 Å². The van der Waals surface area contributed by atoms with Crippen LogP contribution in [0.2, 0.25) is 0 Å². The number of benzene rings is 1. The van der Waals surface area contributed by atoms with Crippen molar-refractivity contribution in [3.05, 3.63) is 47.8 Å². The van der Waals surface area contributed by atoms with Gasteiger partial charge in [0.1, 0.15) is 5.60 Å². The van der Waals surface area contributed by atoms with Crippen molar-refractivity contribution < 1.29 is 14.3 Å². The average molecular weight is 539 g/mol. The molecule has 0 bridgehead atoms. The third kappa shape index (κ3) is 7.88. The molecule has 0 aliphatic carbocycles. The molecular formula is C28H38N6O3S. The van der Waals surface area contributed by atoms with E-state index in [4.69, 9.17) is 19.4 Å². The number of carbonyl (C=O) groups excluding carboxylic acids is 1. The number of alkyl carbamates (subject to hydrolysis) is 1. The molecule has 3 N–H and O–H groups in total. The molecule has 2 atom stereocenters. The highest BCUT2D eigenvalue weighted by Gasteiger charge is 2.21. The molecule has 38 heavy (non-hydrogen) atoms. The highest BCUT2D eigenvalue weighted by Crippen LogP contribution is 2.37. The quantitative estimate of drug-likeness (QED) is 0.269. The van der Waals surface area contributed by atoms with Gasteiger partial charge < -0.3 is 25.4 Å². The summed E-state index contributed by atoms with van der Waals surface area (Å²) in [5, 5.41) is 10.4. The first-order chi connectivity index (χ1) is 18.2. The molecule has 1 aliphatic heterocycles. The lowest BCUT2D eigenvalue weighted by atomic mass is 10.0. The summed E-state index contributed by atoms with van der Waals surface area (Å²) in [6, 6.07) is 9.69. The van der Waals surface area contributed by atoms with Gasteiger partial charge in [0.15, 0.2) is 5.13 Å². The van der Waals surface area contributed by atoms with Crippen LogP contribution in [0, 0.1) is 0 Å². The Bertz CT molecular complexity index is 1200. The first kappa shape index (κ1) is 27.8. The third-order valence-corrected chi connectivity index (χ3v) is 7.22. The minimum absolute atomic E-state index is 0.253. The Balaban J connectivity index is 1.42. The normalized spacial score (nSPS) is 16.2. The molecule has 3 aromatic rings. The number of aromatic nitrogens is 3. The first-order valence-corrected chi connectivity index (χ1v) is 14.0. The second kappa shape index (κ2) is 12.5. The SMILES string of the molecule is CCC(C)c1nc(NCC2CCCO2)sc1-c1ccnc(Nc2ccc(CNC(=O)OC(C)(C)C)cc2)n1. The smallest absolute Gasteiger partial charge is 0.407 e. The Kier molecular flexibility index (Phi) is 9.17. The predicted octanol–water partition coefficient (Wildman–Crippen LogP) is 6.47. The number of nitrogens with zero attached hydrogens (tertiary/aromatic N) is 3. The zero-order chi connectivity index (χ0) is 27.1. The van der Waals surface area contributed by atoms with Crippen molar-refractivity contribution >= 4 is 34.2 Å². The van der Waals surface area contributed by atoms with Gasteiger partial charge in [-0.15, -0.1) is 0 Å². The maximum atomic E-state index is 11.9. The van der Waals surface area contributed by atoms with E-state index in [1.165, 1.54) is 0 Å². The van der Waals surface area contributed by atoms with Crippen molar-refractivity contribution in [3.8, 4) is 10.6 Å². The van der Waals surface area contributed by atoms with Gasteiger partial charge in [0.05, 0.1) is 22.4 Å². The van der Waals surface area contributed by atoms with E-state index in [0.29, 0.717) is 18.4 Å². The second-order valence-electron chi connectivity index (χ2n) is 10.5. The molecular weight excluding hydrogens is 500 g/mol. The van der Waals surface area contributed by atoms with Gasteiger partial charge in [-0.25, -0.2) is 19.7 Å². The summed E-state index contributed by atoms with van der Waals surface area (Å²) < 4.78 is 11.0. The minimum Gasteiger partial charge on any atom is -0.444 e.